The Morgan fingerprint density at radius 1 is 1.45 bits per heavy atom. The molecule has 1 fully saturated rings. The highest BCUT2D eigenvalue weighted by molar-refractivity contribution is 7.89. The minimum Gasteiger partial charge on any atom is -0.327 e. The summed E-state index contributed by atoms with van der Waals surface area (Å²) in [4.78, 5) is 11.9. The van der Waals surface area contributed by atoms with Gasteiger partial charge < -0.3 is 11.1 Å². The summed E-state index contributed by atoms with van der Waals surface area (Å²) in [6.07, 6.45) is 2.40. The van der Waals surface area contributed by atoms with Crippen molar-refractivity contribution in [2.75, 3.05) is 5.32 Å². The van der Waals surface area contributed by atoms with Gasteiger partial charge in [0.2, 0.25) is 15.9 Å². The largest absolute Gasteiger partial charge is 0.327 e. The molecule has 1 aliphatic rings. The van der Waals surface area contributed by atoms with Gasteiger partial charge in [-0.15, -0.1) is 0 Å². The second-order valence-electron chi connectivity index (χ2n) is 5.28. The zero-order chi connectivity index (χ0) is 14.9. The van der Waals surface area contributed by atoms with Crippen LogP contribution in [0.4, 0.5) is 5.69 Å². The van der Waals surface area contributed by atoms with E-state index in [0.29, 0.717) is 11.6 Å². The second-order valence-corrected chi connectivity index (χ2v) is 6.84. The number of carbonyl (C=O) groups excluding carboxylic acids is 1. The summed E-state index contributed by atoms with van der Waals surface area (Å²) < 4.78 is 22.6. The van der Waals surface area contributed by atoms with Crippen LogP contribution < -0.4 is 16.2 Å². The van der Waals surface area contributed by atoms with Crippen LogP contribution in [-0.2, 0) is 14.8 Å². The van der Waals surface area contributed by atoms with Gasteiger partial charge in [0.15, 0.2) is 0 Å². The van der Waals surface area contributed by atoms with Gasteiger partial charge in [-0.2, -0.15) is 0 Å². The molecule has 0 saturated heterocycles. The van der Waals surface area contributed by atoms with E-state index >= 15 is 0 Å². The molecule has 0 aliphatic heterocycles. The quantitative estimate of drug-likeness (QED) is 0.742. The molecule has 1 atom stereocenters. The lowest BCUT2D eigenvalue weighted by atomic mass is 10.1. The molecule has 5 N–H and O–H groups in total. The first-order valence-corrected chi connectivity index (χ1v) is 8.01. The molecule has 110 valence electrons. The molecule has 0 heterocycles. The van der Waals surface area contributed by atoms with Gasteiger partial charge in [-0.05, 0) is 43.4 Å². The highest BCUT2D eigenvalue weighted by atomic mass is 32.2. The molecule has 0 spiro atoms. The third-order valence-corrected chi connectivity index (χ3v) is 4.37. The fourth-order valence-electron chi connectivity index (χ4n) is 2.02. The smallest absolute Gasteiger partial charge is 0.238 e. The molecular formula is C13H19N3O3S. The van der Waals surface area contributed by atoms with Gasteiger partial charge in [-0.1, -0.05) is 6.07 Å². The summed E-state index contributed by atoms with van der Waals surface area (Å²) in [5.74, 6) is 0.233. The Morgan fingerprint density at radius 3 is 2.65 bits per heavy atom. The lowest BCUT2D eigenvalue weighted by Crippen LogP contribution is -2.29. The number of hydrogen-bond donors (Lipinski definition) is 3. The van der Waals surface area contributed by atoms with Gasteiger partial charge in [0.1, 0.15) is 0 Å². The number of rotatable bonds is 5. The third-order valence-electron chi connectivity index (χ3n) is 3.46. The Balaban J connectivity index is 2.09. The molecule has 0 radical (unpaired) electrons. The fourth-order valence-corrected chi connectivity index (χ4v) is 2.56. The third kappa shape index (κ3) is 3.78. The molecule has 1 saturated carbocycles. The van der Waals surface area contributed by atoms with Crippen LogP contribution in [0.3, 0.4) is 0 Å². The molecule has 0 aromatic heterocycles. The molecule has 1 unspecified atom stereocenters. The van der Waals surface area contributed by atoms with E-state index in [9.17, 15) is 13.2 Å². The Morgan fingerprint density at radius 2 is 2.10 bits per heavy atom. The number of anilines is 1. The average molecular weight is 297 g/mol. The molecule has 1 aromatic rings. The van der Waals surface area contributed by atoms with Crippen LogP contribution in [0.2, 0.25) is 0 Å². The Kier molecular flexibility index (Phi) is 4.12. The summed E-state index contributed by atoms with van der Waals surface area (Å²) in [6.45, 7) is 1.78. The van der Waals surface area contributed by atoms with Gasteiger partial charge in [0, 0.05) is 18.2 Å². The number of carbonyl (C=O) groups is 1. The van der Waals surface area contributed by atoms with Crippen molar-refractivity contribution in [1.82, 2.24) is 0 Å². The number of primary sulfonamides is 1. The van der Waals surface area contributed by atoms with E-state index in [4.69, 9.17) is 10.9 Å². The van der Waals surface area contributed by atoms with Crippen molar-refractivity contribution in [3.63, 3.8) is 0 Å². The number of sulfonamides is 1. The van der Waals surface area contributed by atoms with Crippen LogP contribution in [-0.4, -0.2) is 20.4 Å². The lowest BCUT2D eigenvalue weighted by molar-refractivity contribution is -0.116. The van der Waals surface area contributed by atoms with E-state index in [0.717, 1.165) is 18.4 Å². The lowest BCUT2D eigenvalue weighted by Gasteiger charge is -2.13. The topological polar surface area (TPSA) is 115 Å². The fraction of sp³-hybridized carbons (Fsp3) is 0.462. The highest BCUT2D eigenvalue weighted by Crippen LogP contribution is 2.33. The number of benzene rings is 1. The number of nitrogens with two attached hydrogens (primary N) is 2. The average Bonchev–Trinajstić information content (AvgIpc) is 3.14. The normalized spacial score (nSPS) is 16.8. The van der Waals surface area contributed by atoms with Crippen molar-refractivity contribution in [2.24, 2.45) is 16.8 Å². The molecule has 1 amide bonds. The molecule has 1 aliphatic carbocycles. The van der Waals surface area contributed by atoms with E-state index in [2.05, 4.69) is 5.32 Å². The SMILES string of the molecule is Cc1ccc(S(N)(=O)=O)cc1NC(=O)CC(N)C1CC1. The summed E-state index contributed by atoms with van der Waals surface area (Å²) in [7, 11) is -3.78. The van der Waals surface area contributed by atoms with E-state index in [1.165, 1.54) is 12.1 Å². The Bertz CT molecular complexity index is 624. The molecule has 2 rings (SSSR count). The summed E-state index contributed by atoms with van der Waals surface area (Å²) >= 11 is 0. The van der Waals surface area contributed by atoms with Gasteiger partial charge in [0.25, 0.3) is 0 Å². The van der Waals surface area contributed by atoms with Crippen LogP contribution in [0, 0.1) is 12.8 Å². The zero-order valence-corrected chi connectivity index (χ0v) is 12.1. The molecule has 0 bridgehead atoms. The van der Waals surface area contributed by atoms with Crippen molar-refractivity contribution in [3.8, 4) is 0 Å². The first-order valence-electron chi connectivity index (χ1n) is 6.46. The standard InChI is InChI=1S/C13H19N3O3S/c1-8-2-5-10(20(15,18)19)6-12(8)16-13(17)7-11(14)9-3-4-9/h2,5-6,9,11H,3-4,7,14H2,1H3,(H,16,17)(H2,15,18,19). The van der Waals surface area contributed by atoms with E-state index < -0.39 is 10.0 Å². The minimum atomic E-state index is -3.78. The first kappa shape index (κ1) is 15.0. The predicted octanol–water partition coefficient (Wildman–Crippen LogP) is 0.708. The van der Waals surface area contributed by atoms with Gasteiger partial charge in [-0.25, -0.2) is 13.6 Å². The molecule has 6 nitrogen and oxygen atoms in total. The molecule has 1 aromatic carbocycles. The van der Waals surface area contributed by atoms with Gasteiger partial charge in [0.05, 0.1) is 4.90 Å². The molecular weight excluding hydrogens is 278 g/mol. The van der Waals surface area contributed by atoms with E-state index in [-0.39, 0.29) is 23.3 Å². The van der Waals surface area contributed by atoms with Crippen LogP contribution in [0.1, 0.15) is 24.8 Å². The maximum Gasteiger partial charge on any atom is 0.238 e. The number of amides is 1. The Hall–Kier alpha value is -1.44. The van der Waals surface area contributed by atoms with Crippen molar-refractivity contribution in [2.45, 2.75) is 37.1 Å². The summed E-state index contributed by atoms with van der Waals surface area (Å²) in [5.41, 5.74) is 7.11. The highest BCUT2D eigenvalue weighted by Gasteiger charge is 2.29. The maximum absolute atomic E-state index is 11.9. The Labute approximate surface area is 118 Å². The molecule has 20 heavy (non-hydrogen) atoms. The van der Waals surface area contributed by atoms with E-state index in [1.807, 2.05) is 0 Å². The van der Waals surface area contributed by atoms with Crippen molar-refractivity contribution in [1.29, 1.82) is 0 Å². The van der Waals surface area contributed by atoms with Crippen molar-refractivity contribution < 1.29 is 13.2 Å². The summed E-state index contributed by atoms with van der Waals surface area (Å²) in [5, 5.41) is 7.77. The van der Waals surface area contributed by atoms with Crippen LogP contribution >= 0.6 is 0 Å². The van der Waals surface area contributed by atoms with Gasteiger partial charge in [-0.3, -0.25) is 4.79 Å². The van der Waals surface area contributed by atoms with E-state index in [1.54, 1.807) is 13.0 Å². The van der Waals surface area contributed by atoms with Crippen LogP contribution in [0.25, 0.3) is 0 Å². The molecule has 7 heteroatoms. The van der Waals surface area contributed by atoms with Crippen molar-refractivity contribution >= 4 is 21.6 Å². The second kappa shape index (κ2) is 5.51. The van der Waals surface area contributed by atoms with Crippen LogP contribution in [0.5, 0.6) is 0 Å². The number of nitrogens with one attached hydrogen (secondary N) is 1. The monoisotopic (exact) mass is 297 g/mol. The van der Waals surface area contributed by atoms with Crippen LogP contribution in [0.15, 0.2) is 23.1 Å². The predicted molar refractivity (Wildman–Crippen MR) is 76.5 cm³/mol. The van der Waals surface area contributed by atoms with Gasteiger partial charge >= 0.3 is 0 Å². The zero-order valence-electron chi connectivity index (χ0n) is 11.3. The van der Waals surface area contributed by atoms with Crippen molar-refractivity contribution in [3.05, 3.63) is 23.8 Å². The minimum absolute atomic E-state index is 0.0232. The maximum atomic E-state index is 11.9. The number of hydrogen-bond acceptors (Lipinski definition) is 4. The number of aryl methyl sites for hydroxylation is 1. The first-order chi connectivity index (χ1) is 9.27. The summed E-state index contributed by atoms with van der Waals surface area (Å²) in [6, 6.07) is 4.26.